The number of hydrogen-bond acceptors (Lipinski definition) is 3. The normalized spacial score (nSPS) is 21.1. The Balaban J connectivity index is 1.97. The van der Waals surface area contributed by atoms with Gasteiger partial charge in [-0.3, -0.25) is 11.3 Å². The van der Waals surface area contributed by atoms with E-state index >= 15 is 0 Å². The van der Waals surface area contributed by atoms with E-state index in [4.69, 9.17) is 10.6 Å². The van der Waals surface area contributed by atoms with E-state index in [2.05, 4.69) is 36.6 Å². The molecule has 3 N–H and O–H groups in total. The van der Waals surface area contributed by atoms with Crippen LogP contribution in [0.25, 0.3) is 0 Å². The molecule has 1 heterocycles. The molecule has 100 valence electrons. The first kappa shape index (κ1) is 13.5. The van der Waals surface area contributed by atoms with E-state index in [0.29, 0.717) is 5.92 Å². The average molecular weight is 248 g/mol. The highest BCUT2D eigenvalue weighted by molar-refractivity contribution is 5.25. The summed E-state index contributed by atoms with van der Waals surface area (Å²) in [5.41, 5.74) is 5.63. The minimum absolute atomic E-state index is 0.243. The summed E-state index contributed by atoms with van der Waals surface area (Å²) >= 11 is 0. The average Bonchev–Trinajstić information content (AvgIpc) is 2.90. The summed E-state index contributed by atoms with van der Waals surface area (Å²) < 4.78 is 5.42. The molecule has 0 bridgehead atoms. The van der Waals surface area contributed by atoms with Crippen LogP contribution in [0.4, 0.5) is 0 Å². The Morgan fingerprint density at radius 3 is 2.72 bits per heavy atom. The molecule has 1 aromatic carbocycles. The van der Waals surface area contributed by atoms with Crippen molar-refractivity contribution in [3.8, 4) is 0 Å². The number of rotatable bonds is 6. The summed E-state index contributed by atoms with van der Waals surface area (Å²) in [4.78, 5) is 0. The van der Waals surface area contributed by atoms with E-state index < -0.39 is 0 Å². The first-order valence-electron chi connectivity index (χ1n) is 6.96. The summed E-state index contributed by atoms with van der Waals surface area (Å²) in [7, 11) is 0. The standard InChI is InChI=1S/C15H24N2O/c1-2-3-12-4-6-14(7-5-12)15(17-16)10-13-8-9-18-11-13/h4-7,13,15,17H,2-3,8-11,16H2,1H3. The zero-order valence-corrected chi connectivity index (χ0v) is 11.2. The Morgan fingerprint density at radius 2 is 2.17 bits per heavy atom. The number of nitrogens with two attached hydrogens (primary N) is 1. The molecule has 18 heavy (non-hydrogen) atoms. The van der Waals surface area contributed by atoms with Gasteiger partial charge in [0.05, 0.1) is 0 Å². The van der Waals surface area contributed by atoms with Crippen LogP contribution in [0.15, 0.2) is 24.3 Å². The van der Waals surface area contributed by atoms with Crippen molar-refractivity contribution in [1.82, 2.24) is 5.43 Å². The molecule has 1 saturated heterocycles. The molecule has 0 saturated carbocycles. The second-order valence-electron chi connectivity index (χ2n) is 5.18. The molecular weight excluding hydrogens is 224 g/mol. The van der Waals surface area contributed by atoms with Crippen LogP contribution >= 0.6 is 0 Å². The van der Waals surface area contributed by atoms with Gasteiger partial charge in [-0.05, 0) is 36.3 Å². The van der Waals surface area contributed by atoms with E-state index in [0.717, 1.165) is 32.5 Å². The largest absolute Gasteiger partial charge is 0.381 e. The summed E-state index contributed by atoms with van der Waals surface area (Å²) in [5, 5.41) is 0. The molecule has 1 aromatic rings. The lowest BCUT2D eigenvalue weighted by Gasteiger charge is -2.19. The molecule has 0 amide bonds. The second kappa shape index (κ2) is 6.88. The third-order valence-corrected chi connectivity index (χ3v) is 3.71. The van der Waals surface area contributed by atoms with Crippen molar-refractivity contribution in [3.63, 3.8) is 0 Å². The Kier molecular flexibility index (Phi) is 5.17. The molecule has 1 aliphatic heterocycles. The fraction of sp³-hybridized carbons (Fsp3) is 0.600. The lowest BCUT2D eigenvalue weighted by atomic mass is 9.94. The van der Waals surface area contributed by atoms with Crippen LogP contribution in [-0.4, -0.2) is 13.2 Å². The highest BCUT2D eigenvalue weighted by Crippen LogP contribution is 2.26. The van der Waals surface area contributed by atoms with E-state index in [9.17, 15) is 0 Å². The monoisotopic (exact) mass is 248 g/mol. The summed E-state index contributed by atoms with van der Waals surface area (Å²) in [6.45, 7) is 3.99. The van der Waals surface area contributed by atoms with Gasteiger partial charge in [0, 0.05) is 19.3 Å². The van der Waals surface area contributed by atoms with Crippen molar-refractivity contribution < 1.29 is 4.74 Å². The van der Waals surface area contributed by atoms with Crippen molar-refractivity contribution in [2.75, 3.05) is 13.2 Å². The smallest absolute Gasteiger partial charge is 0.0495 e. The first-order chi connectivity index (χ1) is 8.83. The van der Waals surface area contributed by atoms with Crippen LogP contribution in [0, 0.1) is 5.92 Å². The van der Waals surface area contributed by atoms with Gasteiger partial charge in [0.15, 0.2) is 0 Å². The van der Waals surface area contributed by atoms with Gasteiger partial charge in [-0.15, -0.1) is 0 Å². The lowest BCUT2D eigenvalue weighted by molar-refractivity contribution is 0.181. The molecule has 3 heteroatoms. The summed E-state index contributed by atoms with van der Waals surface area (Å²) in [6.07, 6.45) is 4.56. The Labute approximate surface area is 110 Å². The number of hydrogen-bond donors (Lipinski definition) is 2. The molecule has 1 fully saturated rings. The van der Waals surface area contributed by atoms with Crippen LogP contribution in [0.2, 0.25) is 0 Å². The predicted octanol–water partition coefficient (Wildman–Crippen LogP) is 2.57. The van der Waals surface area contributed by atoms with Gasteiger partial charge in [-0.25, -0.2) is 0 Å². The van der Waals surface area contributed by atoms with Gasteiger partial charge in [0.1, 0.15) is 0 Å². The number of benzene rings is 1. The molecule has 3 nitrogen and oxygen atoms in total. The van der Waals surface area contributed by atoms with Crippen molar-refractivity contribution in [2.45, 2.75) is 38.6 Å². The third-order valence-electron chi connectivity index (χ3n) is 3.71. The topological polar surface area (TPSA) is 47.3 Å². The molecule has 2 atom stereocenters. The van der Waals surface area contributed by atoms with Crippen molar-refractivity contribution in [3.05, 3.63) is 35.4 Å². The van der Waals surface area contributed by atoms with Gasteiger partial charge in [-0.1, -0.05) is 37.6 Å². The van der Waals surface area contributed by atoms with Gasteiger partial charge in [0.25, 0.3) is 0 Å². The van der Waals surface area contributed by atoms with E-state index in [1.165, 1.54) is 17.5 Å². The zero-order chi connectivity index (χ0) is 12.8. The van der Waals surface area contributed by atoms with Gasteiger partial charge < -0.3 is 4.74 Å². The molecule has 2 rings (SSSR count). The molecule has 0 aliphatic carbocycles. The molecule has 2 unspecified atom stereocenters. The van der Waals surface area contributed by atoms with Crippen molar-refractivity contribution in [2.24, 2.45) is 11.8 Å². The van der Waals surface area contributed by atoms with E-state index in [1.807, 2.05) is 0 Å². The quantitative estimate of drug-likeness (QED) is 0.601. The molecular formula is C15H24N2O. The fourth-order valence-electron chi connectivity index (χ4n) is 2.61. The maximum atomic E-state index is 5.69. The van der Waals surface area contributed by atoms with E-state index in [1.54, 1.807) is 0 Å². The zero-order valence-electron chi connectivity index (χ0n) is 11.2. The van der Waals surface area contributed by atoms with Crippen LogP contribution in [0.5, 0.6) is 0 Å². The number of nitrogens with one attached hydrogen (secondary N) is 1. The van der Waals surface area contributed by atoms with Gasteiger partial charge >= 0.3 is 0 Å². The maximum absolute atomic E-state index is 5.69. The van der Waals surface area contributed by atoms with Gasteiger partial charge in [0.2, 0.25) is 0 Å². The SMILES string of the molecule is CCCc1ccc(C(CC2CCOC2)NN)cc1. The molecule has 0 spiro atoms. The van der Waals surface area contributed by atoms with Crippen molar-refractivity contribution in [1.29, 1.82) is 0 Å². The summed E-state index contributed by atoms with van der Waals surface area (Å²) in [6, 6.07) is 9.08. The van der Waals surface area contributed by atoms with E-state index in [-0.39, 0.29) is 6.04 Å². The minimum atomic E-state index is 0.243. The number of aryl methyl sites for hydroxylation is 1. The van der Waals surface area contributed by atoms with Crippen molar-refractivity contribution >= 4 is 0 Å². The van der Waals surface area contributed by atoms with Gasteiger partial charge in [-0.2, -0.15) is 0 Å². The highest BCUT2D eigenvalue weighted by Gasteiger charge is 2.21. The van der Waals surface area contributed by atoms with Crippen LogP contribution in [0.3, 0.4) is 0 Å². The number of ether oxygens (including phenoxy) is 1. The highest BCUT2D eigenvalue weighted by atomic mass is 16.5. The molecule has 0 aromatic heterocycles. The molecule has 1 aliphatic rings. The second-order valence-corrected chi connectivity index (χ2v) is 5.18. The Morgan fingerprint density at radius 1 is 1.39 bits per heavy atom. The Hall–Kier alpha value is -0.900. The molecule has 0 radical (unpaired) electrons. The summed E-state index contributed by atoms with van der Waals surface area (Å²) in [5.74, 6) is 6.33. The van der Waals surface area contributed by atoms with Crippen LogP contribution in [0.1, 0.15) is 43.4 Å². The predicted molar refractivity (Wildman–Crippen MR) is 74.0 cm³/mol. The maximum Gasteiger partial charge on any atom is 0.0495 e. The van der Waals surface area contributed by atoms with Crippen LogP contribution < -0.4 is 11.3 Å². The number of hydrazine groups is 1. The van der Waals surface area contributed by atoms with Crippen LogP contribution in [-0.2, 0) is 11.2 Å². The lowest BCUT2D eigenvalue weighted by Crippen LogP contribution is -2.29. The minimum Gasteiger partial charge on any atom is -0.381 e. The fourth-order valence-corrected chi connectivity index (χ4v) is 2.61. The Bertz CT molecular complexity index is 344. The third kappa shape index (κ3) is 3.55. The first-order valence-corrected chi connectivity index (χ1v) is 6.96.